The van der Waals surface area contributed by atoms with E-state index < -0.39 is 11.7 Å². The van der Waals surface area contributed by atoms with Crippen molar-refractivity contribution in [2.24, 2.45) is 0 Å². The van der Waals surface area contributed by atoms with Gasteiger partial charge in [-0.2, -0.15) is 0 Å². The molecule has 2 heterocycles. The van der Waals surface area contributed by atoms with Gasteiger partial charge in [0, 0.05) is 16.6 Å². The van der Waals surface area contributed by atoms with E-state index in [0.717, 1.165) is 11.1 Å². The van der Waals surface area contributed by atoms with Crippen LogP contribution in [0.5, 0.6) is 0 Å². The quantitative estimate of drug-likeness (QED) is 0.421. The van der Waals surface area contributed by atoms with Crippen molar-refractivity contribution >= 4 is 44.7 Å². The third-order valence-corrected chi connectivity index (χ3v) is 6.14. The molecular weight excluding hydrogens is 437 g/mol. The second kappa shape index (κ2) is 8.61. The van der Waals surface area contributed by atoms with Gasteiger partial charge in [-0.1, -0.05) is 49.7 Å². The summed E-state index contributed by atoms with van der Waals surface area (Å²) in [7, 11) is 0. The third kappa shape index (κ3) is 4.38. The van der Waals surface area contributed by atoms with Gasteiger partial charge in [0.2, 0.25) is 5.91 Å². The Morgan fingerprint density at radius 2 is 1.97 bits per heavy atom. The fraction of sp³-hybridized carbons (Fsp3) is 0.174. The van der Waals surface area contributed by atoms with Crippen molar-refractivity contribution in [1.29, 1.82) is 0 Å². The highest BCUT2D eigenvalue weighted by atomic mass is 35.5. The first-order chi connectivity index (χ1) is 14.8. The molecule has 0 fully saturated rings. The Hall–Kier alpha value is -3.03. The average Bonchev–Trinajstić information content (AvgIpc) is 3.18. The van der Waals surface area contributed by atoms with E-state index in [2.05, 4.69) is 36.3 Å². The van der Waals surface area contributed by atoms with Gasteiger partial charge in [0.05, 0.1) is 16.7 Å². The zero-order valence-electron chi connectivity index (χ0n) is 16.9. The van der Waals surface area contributed by atoms with E-state index in [1.165, 1.54) is 46.0 Å². The minimum atomic E-state index is -0.572. The van der Waals surface area contributed by atoms with Gasteiger partial charge >= 0.3 is 0 Å². The number of fused-ring (bicyclic) bond motifs is 1. The van der Waals surface area contributed by atoms with Crippen LogP contribution in [0.2, 0.25) is 5.02 Å². The second-order valence-electron chi connectivity index (χ2n) is 7.46. The minimum Gasteiger partial charge on any atom is -0.324 e. The van der Waals surface area contributed by atoms with Crippen LogP contribution in [0.25, 0.3) is 21.3 Å². The highest BCUT2D eigenvalue weighted by Crippen LogP contribution is 2.31. The molecule has 0 saturated carbocycles. The fourth-order valence-corrected chi connectivity index (χ4v) is 4.36. The van der Waals surface area contributed by atoms with Crippen LogP contribution >= 0.6 is 22.9 Å². The predicted molar refractivity (Wildman–Crippen MR) is 123 cm³/mol. The highest BCUT2D eigenvalue weighted by molar-refractivity contribution is 7.17. The minimum absolute atomic E-state index is 0.0931. The largest absolute Gasteiger partial charge is 0.324 e. The number of thiophene rings is 1. The molecule has 0 saturated heterocycles. The third-order valence-electron chi connectivity index (χ3n) is 4.97. The molecule has 158 valence electrons. The predicted octanol–water partition coefficient (Wildman–Crippen LogP) is 5.68. The lowest BCUT2D eigenvalue weighted by molar-refractivity contribution is -0.116. The van der Waals surface area contributed by atoms with Gasteiger partial charge in [-0.15, -0.1) is 11.3 Å². The van der Waals surface area contributed by atoms with Crippen molar-refractivity contribution in [1.82, 2.24) is 9.55 Å². The maximum Gasteiger partial charge on any atom is 0.263 e. The Morgan fingerprint density at radius 3 is 2.65 bits per heavy atom. The first kappa shape index (κ1) is 21.2. The summed E-state index contributed by atoms with van der Waals surface area (Å²) in [6, 6.07) is 12.0. The number of hydrogen-bond acceptors (Lipinski definition) is 4. The van der Waals surface area contributed by atoms with Gasteiger partial charge in [0.1, 0.15) is 17.2 Å². The Balaban J connectivity index is 1.63. The molecule has 0 aliphatic carbocycles. The molecule has 1 N–H and O–H groups in total. The van der Waals surface area contributed by atoms with E-state index in [4.69, 9.17) is 11.6 Å². The van der Waals surface area contributed by atoms with Crippen LogP contribution < -0.4 is 10.9 Å². The van der Waals surface area contributed by atoms with Crippen LogP contribution in [0.15, 0.2) is 59.0 Å². The first-order valence-electron chi connectivity index (χ1n) is 9.65. The summed E-state index contributed by atoms with van der Waals surface area (Å²) in [4.78, 5) is 30.5. The van der Waals surface area contributed by atoms with Crippen LogP contribution in [0, 0.1) is 5.82 Å². The number of amides is 1. The molecule has 0 spiro atoms. The number of rotatable bonds is 5. The second-order valence-corrected chi connectivity index (χ2v) is 8.73. The van der Waals surface area contributed by atoms with Crippen molar-refractivity contribution in [3.8, 4) is 11.1 Å². The van der Waals surface area contributed by atoms with E-state index in [0.29, 0.717) is 21.8 Å². The number of nitrogens with one attached hydrogen (secondary N) is 1. The lowest BCUT2D eigenvalue weighted by Crippen LogP contribution is -2.27. The number of carbonyl (C=O) groups is 1. The number of halogens is 2. The van der Waals surface area contributed by atoms with E-state index >= 15 is 0 Å². The van der Waals surface area contributed by atoms with Crippen LogP contribution in [0.3, 0.4) is 0 Å². The normalized spacial score (nSPS) is 11.3. The molecule has 0 radical (unpaired) electrons. The highest BCUT2D eigenvalue weighted by Gasteiger charge is 2.15. The van der Waals surface area contributed by atoms with E-state index in [-0.39, 0.29) is 17.1 Å². The van der Waals surface area contributed by atoms with E-state index in [9.17, 15) is 14.0 Å². The zero-order chi connectivity index (χ0) is 22.1. The number of anilines is 1. The Bertz CT molecular complexity index is 1330. The molecule has 4 rings (SSSR count). The van der Waals surface area contributed by atoms with E-state index in [1.54, 1.807) is 0 Å². The van der Waals surface area contributed by atoms with Gasteiger partial charge in [0.15, 0.2) is 0 Å². The van der Waals surface area contributed by atoms with Crippen LogP contribution in [-0.2, 0) is 11.3 Å². The molecule has 5 nitrogen and oxygen atoms in total. The Labute approximate surface area is 187 Å². The SMILES string of the molecule is CC(C)c1ccc(-c2csc3ncn(CC(=O)Nc4ccc(F)c(Cl)c4)c(=O)c23)cc1. The van der Waals surface area contributed by atoms with Crippen molar-refractivity contribution in [2.45, 2.75) is 26.3 Å². The standard InChI is InChI=1S/C23H19ClFN3O2S/c1-13(2)14-3-5-15(6-4-14)17-11-31-22-21(17)23(30)28(12-26-22)10-20(29)27-16-7-8-19(25)18(24)9-16/h3-9,11-13H,10H2,1-2H3,(H,27,29). The van der Waals surface area contributed by atoms with Crippen molar-refractivity contribution in [3.05, 3.63) is 80.9 Å². The molecule has 1 amide bonds. The average molecular weight is 456 g/mol. The van der Waals surface area contributed by atoms with E-state index in [1.807, 2.05) is 17.5 Å². The number of nitrogens with zero attached hydrogens (tertiary/aromatic N) is 2. The summed E-state index contributed by atoms with van der Waals surface area (Å²) in [5.74, 6) is -0.595. The van der Waals surface area contributed by atoms with Crippen molar-refractivity contribution < 1.29 is 9.18 Å². The monoisotopic (exact) mass is 455 g/mol. The molecular formula is C23H19ClFN3O2S. The Morgan fingerprint density at radius 1 is 1.23 bits per heavy atom. The summed E-state index contributed by atoms with van der Waals surface area (Å²) in [5.41, 5.74) is 3.00. The van der Waals surface area contributed by atoms with Gasteiger partial charge < -0.3 is 5.32 Å². The molecule has 0 unspecified atom stereocenters. The van der Waals surface area contributed by atoms with Crippen LogP contribution in [-0.4, -0.2) is 15.5 Å². The number of benzene rings is 2. The fourth-order valence-electron chi connectivity index (χ4n) is 3.27. The molecule has 8 heteroatoms. The van der Waals surface area contributed by atoms with Gasteiger partial charge in [-0.05, 0) is 35.2 Å². The topological polar surface area (TPSA) is 64.0 Å². The molecule has 31 heavy (non-hydrogen) atoms. The molecule has 2 aromatic heterocycles. The number of aromatic nitrogens is 2. The van der Waals surface area contributed by atoms with Gasteiger partial charge in [0.25, 0.3) is 5.56 Å². The number of carbonyl (C=O) groups excluding carboxylic acids is 1. The molecule has 0 aliphatic heterocycles. The lowest BCUT2D eigenvalue weighted by atomic mass is 9.99. The summed E-state index contributed by atoms with van der Waals surface area (Å²) in [6.07, 6.45) is 1.37. The molecule has 0 atom stereocenters. The summed E-state index contributed by atoms with van der Waals surface area (Å²) < 4.78 is 14.6. The van der Waals surface area contributed by atoms with Gasteiger partial charge in [-0.3, -0.25) is 14.2 Å². The molecule has 0 aliphatic rings. The van der Waals surface area contributed by atoms with Crippen LogP contribution in [0.1, 0.15) is 25.3 Å². The maximum absolute atomic E-state index is 13.3. The van der Waals surface area contributed by atoms with Crippen LogP contribution in [0.4, 0.5) is 10.1 Å². The first-order valence-corrected chi connectivity index (χ1v) is 10.9. The van der Waals surface area contributed by atoms with Gasteiger partial charge in [-0.25, -0.2) is 9.37 Å². The van der Waals surface area contributed by atoms with Crippen molar-refractivity contribution in [3.63, 3.8) is 0 Å². The maximum atomic E-state index is 13.3. The number of hydrogen-bond donors (Lipinski definition) is 1. The molecule has 0 bridgehead atoms. The summed E-state index contributed by atoms with van der Waals surface area (Å²) >= 11 is 7.14. The summed E-state index contributed by atoms with van der Waals surface area (Å²) in [6.45, 7) is 4.03. The zero-order valence-corrected chi connectivity index (χ0v) is 18.4. The smallest absolute Gasteiger partial charge is 0.263 e. The Kier molecular flexibility index (Phi) is 5.89. The lowest BCUT2D eigenvalue weighted by Gasteiger charge is -2.09. The van der Waals surface area contributed by atoms with Crippen molar-refractivity contribution in [2.75, 3.05) is 5.32 Å². The summed E-state index contributed by atoms with van der Waals surface area (Å²) in [5, 5.41) is 4.92. The molecule has 4 aromatic rings. The molecule has 2 aromatic carbocycles.